The van der Waals surface area contributed by atoms with E-state index in [1.807, 2.05) is 19.1 Å². The Bertz CT molecular complexity index is 372. The van der Waals surface area contributed by atoms with Gasteiger partial charge in [0.25, 0.3) is 0 Å². The lowest BCUT2D eigenvalue weighted by molar-refractivity contribution is 0.372. The van der Waals surface area contributed by atoms with Crippen molar-refractivity contribution < 1.29 is 0 Å². The van der Waals surface area contributed by atoms with E-state index in [-0.39, 0.29) is 6.04 Å². The first-order valence-electron chi connectivity index (χ1n) is 5.29. The van der Waals surface area contributed by atoms with Crippen molar-refractivity contribution in [2.45, 2.75) is 32.7 Å². The molecule has 15 heavy (non-hydrogen) atoms. The molecule has 82 valence electrons. The van der Waals surface area contributed by atoms with Crippen LogP contribution in [0.2, 0.25) is 5.02 Å². The summed E-state index contributed by atoms with van der Waals surface area (Å²) >= 11 is 6.12. The molecule has 0 aliphatic heterocycles. The average Bonchev–Trinajstić information content (AvgIpc) is 2.92. The van der Waals surface area contributed by atoms with Gasteiger partial charge in [0.2, 0.25) is 0 Å². The summed E-state index contributed by atoms with van der Waals surface area (Å²) in [6.07, 6.45) is 2.46. The Labute approximate surface area is 95.8 Å². The predicted octanol–water partition coefficient (Wildman–Crippen LogP) is 2.95. The average molecular weight is 225 g/mol. The molecule has 2 rings (SSSR count). The number of nitrogens with one attached hydrogen (secondary N) is 1. The minimum Gasteiger partial charge on any atom is -0.271 e. The van der Waals surface area contributed by atoms with Crippen molar-refractivity contribution in [1.29, 1.82) is 0 Å². The molecule has 0 spiro atoms. The lowest BCUT2D eigenvalue weighted by Gasteiger charge is -2.23. The number of benzene rings is 1. The van der Waals surface area contributed by atoms with Crippen LogP contribution in [0.15, 0.2) is 18.2 Å². The van der Waals surface area contributed by atoms with E-state index in [2.05, 4.69) is 18.4 Å². The monoisotopic (exact) mass is 224 g/mol. The predicted molar refractivity (Wildman–Crippen MR) is 63.6 cm³/mol. The first-order chi connectivity index (χ1) is 7.07. The fourth-order valence-electron chi connectivity index (χ4n) is 1.97. The highest BCUT2D eigenvalue weighted by Gasteiger charge is 2.45. The summed E-state index contributed by atoms with van der Waals surface area (Å²) in [7, 11) is 0. The standard InChI is InChI=1S/C12H17ClN2/c1-8-3-4-9(7-10(8)13)11(15-14)12(2)5-6-12/h3-4,7,11,15H,5-6,14H2,1-2H3. The summed E-state index contributed by atoms with van der Waals surface area (Å²) in [6, 6.07) is 6.39. The normalized spacial score (nSPS) is 20.0. The summed E-state index contributed by atoms with van der Waals surface area (Å²) in [5, 5.41) is 0.817. The summed E-state index contributed by atoms with van der Waals surface area (Å²) in [6.45, 7) is 4.27. The van der Waals surface area contributed by atoms with Gasteiger partial charge in [0.15, 0.2) is 0 Å². The summed E-state index contributed by atoms with van der Waals surface area (Å²) in [5.41, 5.74) is 5.52. The number of hydrogen-bond donors (Lipinski definition) is 2. The van der Waals surface area contributed by atoms with Gasteiger partial charge in [-0.15, -0.1) is 0 Å². The van der Waals surface area contributed by atoms with Crippen molar-refractivity contribution >= 4 is 11.6 Å². The smallest absolute Gasteiger partial charge is 0.0514 e. The van der Waals surface area contributed by atoms with Gasteiger partial charge in [-0.25, -0.2) is 0 Å². The molecule has 0 bridgehead atoms. The van der Waals surface area contributed by atoms with Crippen LogP contribution in [0.25, 0.3) is 0 Å². The van der Waals surface area contributed by atoms with Crippen LogP contribution in [0.5, 0.6) is 0 Å². The summed E-state index contributed by atoms with van der Waals surface area (Å²) < 4.78 is 0. The van der Waals surface area contributed by atoms with Crippen LogP contribution < -0.4 is 11.3 Å². The Morgan fingerprint density at radius 3 is 2.60 bits per heavy atom. The van der Waals surface area contributed by atoms with E-state index in [9.17, 15) is 0 Å². The zero-order valence-corrected chi connectivity index (χ0v) is 9.93. The molecular formula is C12H17ClN2. The molecule has 0 radical (unpaired) electrons. The molecule has 3 heteroatoms. The fourth-order valence-corrected chi connectivity index (χ4v) is 2.16. The minimum absolute atomic E-state index is 0.218. The van der Waals surface area contributed by atoms with E-state index >= 15 is 0 Å². The van der Waals surface area contributed by atoms with Gasteiger partial charge in [-0.3, -0.25) is 11.3 Å². The number of halogens is 1. The van der Waals surface area contributed by atoms with E-state index in [0.29, 0.717) is 5.41 Å². The number of nitrogens with two attached hydrogens (primary N) is 1. The second-order valence-electron chi connectivity index (χ2n) is 4.76. The summed E-state index contributed by atoms with van der Waals surface area (Å²) in [4.78, 5) is 0. The minimum atomic E-state index is 0.218. The largest absolute Gasteiger partial charge is 0.271 e. The van der Waals surface area contributed by atoms with Crippen molar-refractivity contribution in [2.24, 2.45) is 11.3 Å². The molecule has 1 unspecified atom stereocenters. The first kappa shape index (κ1) is 10.9. The Morgan fingerprint density at radius 1 is 1.47 bits per heavy atom. The molecule has 3 N–H and O–H groups in total. The third kappa shape index (κ3) is 2.03. The van der Waals surface area contributed by atoms with E-state index in [0.717, 1.165) is 10.6 Å². The van der Waals surface area contributed by atoms with E-state index in [1.54, 1.807) is 0 Å². The molecule has 1 aliphatic rings. The molecule has 0 saturated heterocycles. The highest BCUT2D eigenvalue weighted by Crippen LogP contribution is 2.54. The van der Waals surface area contributed by atoms with Gasteiger partial charge >= 0.3 is 0 Å². The highest BCUT2D eigenvalue weighted by atomic mass is 35.5. The third-order valence-corrected chi connectivity index (χ3v) is 3.84. The number of rotatable bonds is 3. The number of hydrazine groups is 1. The molecular weight excluding hydrogens is 208 g/mol. The van der Waals surface area contributed by atoms with Crippen molar-refractivity contribution in [1.82, 2.24) is 5.43 Å². The quantitative estimate of drug-likeness (QED) is 0.612. The van der Waals surface area contributed by atoms with Crippen molar-refractivity contribution in [3.8, 4) is 0 Å². The molecule has 1 fully saturated rings. The van der Waals surface area contributed by atoms with Crippen LogP contribution in [0.4, 0.5) is 0 Å². The molecule has 2 nitrogen and oxygen atoms in total. The van der Waals surface area contributed by atoms with Gasteiger partial charge in [0, 0.05) is 5.02 Å². The van der Waals surface area contributed by atoms with Gasteiger partial charge in [-0.05, 0) is 42.4 Å². The van der Waals surface area contributed by atoms with Crippen LogP contribution in [0.1, 0.15) is 36.9 Å². The van der Waals surface area contributed by atoms with Crippen LogP contribution in [-0.2, 0) is 0 Å². The highest BCUT2D eigenvalue weighted by molar-refractivity contribution is 6.31. The molecule has 0 heterocycles. The van der Waals surface area contributed by atoms with Gasteiger partial charge in [0.05, 0.1) is 6.04 Å². The molecule has 0 amide bonds. The maximum atomic E-state index is 6.12. The third-order valence-electron chi connectivity index (χ3n) is 3.43. The lowest BCUT2D eigenvalue weighted by atomic mass is 9.92. The van der Waals surface area contributed by atoms with E-state index in [1.165, 1.54) is 18.4 Å². The Morgan fingerprint density at radius 2 is 2.13 bits per heavy atom. The summed E-state index contributed by atoms with van der Waals surface area (Å²) in [5.74, 6) is 5.63. The molecule has 1 atom stereocenters. The zero-order chi connectivity index (χ0) is 11.1. The lowest BCUT2D eigenvalue weighted by Crippen LogP contribution is -2.33. The maximum absolute atomic E-state index is 6.12. The second kappa shape index (κ2) is 3.78. The van der Waals surface area contributed by atoms with Gasteiger partial charge in [-0.1, -0.05) is 30.7 Å². The second-order valence-corrected chi connectivity index (χ2v) is 5.17. The van der Waals surface area contributed by atoms with Crippen LogP contribution in [0.3, 0.4) is 0 Å². The maximum Gasteiger partial charge on any atom is 0.0514 e. The van der Waals surface area contributed by atoms with Gasteiger partial charge < -0.3 is 0 Å². The van der Waals surface area contributed by atoms with Crippen LogP contribution in [0, 0.1) is 12.3 Å². The van der Waals surface area contributed by atoms with Crippen LogP contribution in [-0.4, -0.2) is 0 Å². The Hall–Kier alpha value is -0.570. The Balaban J connectivity index is 2.31. The molecule has 0 aromatic heterocycles. The zero-order valence-electron chi connectivity index (χ0n) is 9.18. The van der Waals surface area contributed by atoms with E-state index in [4.69, 9.17) is 17.4 Å². The topological polar surface area (TPSA) is 38.0 Å². The van der Waals surface area contributed by atoms with Crippen molar-refractivity contribution in [3.63, 3.8) is 0 Å². The SMILES string of the molecule is Cc1ccc(C(NN)C2(C)CC2)cc1Cl. The molecule has 1 aromatic carbocycles. The number of hydrogen-bond acceptors (Lipinski definition) is 2. The Kier molecular flexibility index (Phi) is 2.75. The van der Waals surface area contributed by atoms with E-state index < -0.39 is 0 Å². The van der Waals surface area contributed by atoms with Crippen molar-refractivity contribution in [3.05, 3.63) is 34.3 Å². The fraction of sp³-hybridized carbons (Fsp3) is 0.500. The molecule has 1 saturated carbocycles. The van der Waals surface area contributed by atoms with Crippen molar-refractivity contribution in [2.75, 3.05) is 0 Å². The van der Waals surface area contributed by atoms with Gasteiger partial charge in [0.1, 0.15) is 0 Å². The molecule has 1 aromatic rings. The van der Waals surface area contributed by atoms with Crippen LogP contribution >= 0.6 is 11.6 Å². The number of aryl methyl sites for hydroxylation is 1. The molecule has 1 aliphatic carbocycles. The first-order valence-corrected chi connectivity index (χ1v) is 5.67. The van der Waals surface area contributed by atoms with Gasteiger partial charge in [-0.2, -0.15) is 0 Å².